The number of nitrogens with zero attached hydrogens (tertiary/aromatic N) is 4. The van der Waals surface area contributed by atoms with Crippen molar-refractivity contribution in [3.8, 4) is 0 Å². The van der Waals surface area contributed by atoms with Crippen LogP contribution in [-0.2, 0) is 17.8 Å². The molecule has 0 radical (unpaired) electrons. The van der Waals surface area contributed by atoms with Crippen LogP contribution < -0.4 is 0 Å². The first-order chi connectivity index (χ1) is 14.6. The Morgan fingerprint density at radius 1 is 1.13 bits per heavy atom. The second-order valence-electron chi connectivity index (χ2n) is 8.02. The van der Waals surface area contributed by atoms with Gasteiger partial charge in [0.15, 0.2) is 0 Å². The van der Waals surface area contributed by atoms with E-state index in [1.165, 1.54) is 11.1 Å². The first-order valence-electron chi connectivity index (χ1n) is 10.5. The second kappa shape index (κ2) is 9.43. The third kappa shape index (κ3) is 5.28. The minimum atomic E-state index is 0.214. The van der Waals surface area contributed by atoms with Gasteiger partial charge in [0.25, 0.3) is 0 Å². The van der Waals surface area contributed by atoms with Crippen molar-refractivity contribution in [2.45, 2.75) is 45.1 Å². The number of hydrogen-bond donors (Lipinski definition) is 0. The van der Waals surface area contributed by atoms with Crippen molar-refractivity contribution in [2.24, 2.45) is 0 Å². The van der Waals surface area contributed by atoms with E-state index in [4.69, 9.17) is 16.6 Å². The van der Waals surface area contributed by atoms with E-state index in [2.05, 4.69) is 23.3 Å². The van der Waals surface area contributed by atoms with Crippen molar-refractivity contribution in [2.75, 3.05) is 13.1 Å². The topological polar surface area (TPSA) is 51.0 Å². The van der Waals surface area contributed by atoms with E-state index in [9.17, 15) is 4.79 Å². The second-order valence-corrected chi connectivity index (χ2v) is 8.46. The Labute approximate surface area is 182 Å². The molecule has 0 aliphatic carbocycles. The first-order valence-corrected chi connectivity index (χ1v) is 10.9. The van der Waals surface area contributed by atoms with Gasteiger partial charge in [-0.1, -0.05) is 29.8 Å². The van der Waals surface area contributed by atoms with Crippen LogP contribution in [0.2, 0.25) is 5.02 Å². The molecule has 1 aliphatic rings. The third-order valence-electron chi connectivity index (χ3n) is 5.74. The molecular formula is C24H27ClN4O. The summed E-state index contributed by atoms with van der Waals surface area (Å²) in [6, 6.07) is 14.2. The molecule has 30 heavy (non-hydrogen) atoms. The Morgan fingerprint density at radius 3 is 2.63 bits per heavy atom. The van der Waals surface area contributed by atoms with Crippen molar-refractivity contribution < 1.29 is 4.79 Å². The Hall–Kier alpha value is -2.66. The summed E-state index contributed by atoms with van der Waals surface area (Å²) in [6.07, 6.45) is 7.16. The fourth-order valence-corrected chi connectivity index (χ4v) is 4.26. The summed E-state index contributed by atoms with van der Waals surface area (Å²) in [5, 5.41) is 5.11. The number of likely N-dealkylation sites (tertiary alicyclic amines) is 1. The van der Waals surface area contributed by atoms with E-state index in [0.29, 0.717) is 18.9 Å². The zero-order chi connectivity index (χ0) is 20.9. The molecule has 6 heteroatoms. The van der Waals surface area contributed by atoms with Crippen LogP contribution in [0, 0.1) is 6.92 Å². The number of aromatic nitrogens is 3. The lowest BCUT2D eigenvalue weighted by Gasteiger charge is -2.32. The van der Waals surface area contributed by atoms with Crippen LogP contribution in [0.1, 0.15) is 47.7 Å². The highest BCUT2D eigenvalue weighted by Gasteiger charge is 2.24. The van der Waals surface area contributed by atoms with E-state index in [0.717, 1.165) is 48.8 Å². The van der Waals surface area contributed by atoms with Gasteiger partial charge in [-0.3, -0.25) is 14.5 Å². The lowest BCUT2D eigenvalue weighted by molar-refractivity contribution is -0.132. The highest BCUT2D eigenvalue weighted by atomic mass is 35.5. The van der Waals surface area contributed by atoms with E-state index in [1.807, 2.05) is 53.2 Å². The number of carbonyl (C=O) groups is 1. The monoisotopic (exact) mass is 422 g/mol. The molecular weight excluding hydrogens is 396 g/mol. The van der Waals surface area contributed by atoms with E-state index in [1.54, 1.807) is 0 Å². The largest absolute Gasteiger partial charge is 0.343 e. The van der Waals surface area contributed by atoms with Crippen molar-refractivity contribution >= 4 is 17.5 Å². The number of pyridine rings is 1. The fourth-order valence-electron chi connectivity index (χ4n) is 4.05. The van der Waals surface area contributed by atoms with Gasteiger partial charge in [-0.25, -0.2) is 0 Å². The van der Waals surface area contributed by atoms with Gasteiger partial charge in [-0.15, -0.1) is 0 Å². The van der Waals surface area contributed by atoms with Crippen molar-refractivity contribution in [3.05, 3.63) is 82.4 Å². The molecule has 0 bridgehead atoms. The van der Waals surface area contributed by atoms with Gasteiger partial charge in [0.05, 0.1) is 5.69 Å². The average molecular weight is 423 g/mol. The van der Waals surface area contributed by atoms with Crippen LogP contribution in [0.4, 0.5) is 0 Å². The predicted octanol–water partition coefficient (Wildman–Crippen LogP) is 4.63. The molecule has 0 unspecified atom stereocenters. The molecule has 4 rings (SSSR count). The summed E-state index contributed by atoms with van der Waals surface area (Å²) in [5.41, 5.74) is 4.48. The number of piperidine rings is 1. The Bertz CT molecular complexity index is 990. The highest BCUT2D eigenvalue weighted by Crippen LogP contribution is 2.27. The number of carbonyl (C=O) groups excluding carboxylic acids is 1. The predicted molar refractivity (Wildman–Crippen MR) is 119 cm³/mol. The lowest BCUT2D eigenvalue weighted by Crippen LogP contribution is -2.38. The molecule has 0 spiro atoms. The Morgan fingerprint density at radius 2 is 1.97 bits per heavy atom. The smallest absolute Gasteiger partial charge is 0.224 e. The molecule has 0 saturated carbocycles. The summed E-state index contributed by atoms with van der Waals surface area (Å²) in [4.78, 5) is 19.2. The summed E-state index contributed by atoms with van der Waals surface area (Å²) >= 11 is 6.08. The van der Waals surface area contributed by atoms with Gasteiger partial charge in [-0.2, -0.15) is 5.10 Å². The molecule has 3 heterocycles. The van der Waals surface area contributed by atoms with Gasteiger partial charge in [0.1, 0.15) is 0 Å². The average Bonchev–Trinajstić information content (AvgIpc) is 3.18. The molecule has 1 aliphatic heterocycles. The van der Waals surface area contributed by atoms with E-state index >= 15 is 0 Å². The molecule has 1 fully saturated rings. The van der Waals surface area contributed by atoms with Crippen LogP contribution in [-0.4, -0.2) is 38.7 Å². The zero-order valence-corrected chi connectivity index (χ0v) is 18.1. The molecule has 0 N–H and O–H groups in total. The Kier molecular flexibility index (Phi) is 6.48. The molecule has 1 saturated heterocycles. The van der Waals surface area contributed by atoms with Crippen LogP contribution in [0.5, 0.6) is 0 Å². The molecule has 3 aromatic rings. The van der Waals surface area contributed by atoms with Gasteiger partial charge in [-0.05, 0) is 61.6 Å². The summed E-state index contributed by atoms with van der Waals surface area (Å²) in [6.45, 7) is 4.20. The van der Waals surface area contributed by atoms with Crippen LogP contribution in [0.25, 0.3) is 0 Å². The van der Waals surface area contributed by atoms with Gasteiger partial charge < -0.3 is 4.90 Å². The van der Waals surface area contributed by atoms with Crippen molar-refractivity contribution in [3.63, 3.8) is 0 Å². The summed E-state index contributed by atoms with van der Waals surface area (Å²) in [5.74, 6) is 0.634. The maximum Gasteiger partial charge on any atom is 0.224 e. The maximum absolute atomic E-state index is 12.5. The molecule has 2 aromatic heterocycles. The SMILES string of the molecule is Cc1ccn(CCC(=O)N2CCC(c3ccc(Cc4cccc(Cl)c4)cn3)CC2)n1. The lowest BCUT2D eigenvalue weighted by atomic mass is 9.92. The number of aryl methyl sites for hydroxylation is 2. The normalized spacial score (nSPS) is 14.8. The number of hydrogen-bond acceptors (Lipinski definition) is 3. The fraction of sp³-hybridized carbons (Fsp3) is 0.375. The van der Waals surface area contributed by atoms with E-state index < -0.39 is 0 Å². The van der Waals surface area contributed by atoms with Crippen LogP contribution in [0.3, 0.4) is 0 Å². The number of benzene rings is 1. The highest BCUT2D eigenvalue weighted by molar-refractivity contribution is 6.30. The summed E-state index contributed by atoms with van der Waals surface area (Å²) in [7, 11) is 0. The maximum atomic E-state index is 12.5. The molecule has 156 valence electrons. The van der Waals surface area contributed by atoms with E-state index in [-0.39, 0.29) is 5.91 Å². The standard InChI is InChI=1S/C24H27ClN4O/c1-18-7-13-29(27-18)14-10-24(30)28-11-8-21(9-12-28)23-6-5-20(17-26-23)15-19-3-2-4-22(25)16-19/h2-7,13,16-17,21H,8-12,14-15H2,1H3. The van der Waals surface area contributed by atoms with Gasteiger partial charge in [0, 0.05) is 55.1 Å². The third-order valence-corrected chi connectivity index (χ3v) is 5.97. The molecule has 0 atom stereocenters. The number of halogens is 1. The van der Waals surface area contributed by atoms with Crippen molar-refractivity contribution in [1.29, 1.82) is 0 Å². The van der Waals surface area contributed by atoms with Gasteiger partial charge in [0.2, 0.25) is 5.91 Å². The number of amides is 1. The quantitative estimate of drug-likeness (QED) is 0.582. The molecule has 1 aromatic carbocycles. The van der Waals surface area contributed by atoms with Gasteiger partial charge >= 0.3 is 0 Å². The number of rotatable bonds is 6. The minimum Gasteiger partial charge on any atom is -0.343 e. The van der Waals surface area contributed by atoms with Crippen LogP contribution in [0.15, 0.2) is 54.9 Å². The summed E-state index contributed by atoms with van der Waals surface area (Å²) < 4.78 is 1.84. The van der Waals surface area contributed by atoms with Crippen LogP contribution >= 0.6 is 11.6 Å². The molecule has 1 amide bonds. The molecule has 5 nitrogen and oxygen atoms in total. The first kappa shape index (κ1) is 20.6. The Balaban J connectivity index is 1.26. The van der Waals surface area contributed by atoms with Crippen molar-refractivity contribution in [1.82, 2.24) is 19.7 Å². The zero-order valence-electron chi connectivity index (χ0n) is 17.3. The minimum absolute atomic E-state index is 0.214.